The van der Waals surface area contributed by atoms with Crippen molar-refractivity contribution in [2.45, 2.75) is 6.54 Å². The van der Waals surface area contributed by atoms with Crippen molar-refractivity contribution in [3.8, 4) is 11.1 Å². The third-order valence-corrected chi connectivity index (χ3v) is 4.89. The van der Waals surface area contributed by atoms with Crippen LogP contribution in [-0.2, 0) is 6.54 Å². The summed E-state index contributed by atoms with van der Waals surface area (Å²) in [5.41, 5.74) is 10.3. The van der Waals surface area contributed by atoms with Crippen molar-refractivity contribution in [2.75, 3.05) is 0 Å². The number of nitrogens with two attached hydrogens (primary N) is 1. The van der Waals surface area contributed by atoms with Crippen LogP contribution in [0, 0.1) is 5.41 Å². The molecule has 0 radical (unpaired) electrons. The number of aromatic nitrogens is 1. The van der Waals surface area contributed by atoms with Crippen molar-refractivity contribution >= 4 is 22.7 Å². The maximum Gasteiger partial charge on any atom is 0.336 e. The Balaban J connectivity index is 1.78. The lowest BCUT2D eigenvalue weighted by Crippen LogP contribution is -2.10. The molecule has 0 saturated carbocycles. The smallest absolute Gasteiger partial charge is 0.336 e. The molecule has 5 heteroatoms. The van der Waals surface area contributed by atoms with Gasteiger partial charge in [-0.25, -0.2) is 4.79 Å². The van der Waals surface area contributed by atoms with Gasteiger partial charge in [-0.05, 0) is 47.0 Å². The van der Waals surface area contributed by atoms with E-state index < -0.39 is 5.97 Å². The third kappa shape index (κ3) is 3.14. The van der Waals surface area contributed by atoms with Gasteiger partial charge in [0.2, 0.25) is 0 Å². The summed E-state index contributed by atoms with van der Waals surface area (Å²) >= 11 is 0. The molecule has 3 aromatic carbocycles. The van der Waals surface area contributed by atoms with Gasteiger partial charge in [0.25, 0.3) is 0 Å². The summed E-state index contributed by atoms with van der Waals surface area (Å²) < 4.78 is 2.11. The molecule has 28 heavy (non-hydrogen) atoms. The molecule has 0 bridgehead atoms. The van der Waals surface area contributed by atoms with E-state index in [1.54, 1.807) is 12.1 Å². The van der Waals surface area contributed by atoms with Gasteiger partial charge in [0.15, 0.2) is 0 Å². The van der Waals surface area contributed by atoms with Crippen molar-refractivity contribution in [1.29, 1.82) is 5.41 Å². The first-order valence-corrected chi connectivity index (χ1v) is 8.88. The molecule has 0 atom stereocenters. The van der Waals surface area contributed by atoms with E-state index >= 15 is 0 Å². The topological polar surface area (TPSA) is 92.1 Å². The van der Waals surface area contributed by atoms with Crippen LogP contribution in [0.4, 0.5) is 0 Å². The molecule has 0 unspecified atom stereocenters. The number of fused-ring (bicyclic) bond motifs is 1. The minimum Gasteiger partial charge on any atom is -0.478 e. The number of benzene rings is 3. The zero-order chi connectivity index (χ0) is 19.7. The van der Waals surface area contributed by atoms with E-state index in [1.807, 2.05) is 66.9 Å². The minimum absolute atomic E-state index is 0.0465. The summed E-state index contributed by atoms with van der Waals surface area (Å²) in [5.74, 6) is -0.890. The Labute approximate surface area is 162 Å². The van der Waals surface area contributed by atoms with Gasteiger partial charge in [0.1, 0.15) is 5.84 Å². The number of hydrogen-bond acceptors (Lipinski definition) is 2. The Morgan fingerprint density at radius 2 is 1.68 bits per heavy atom. The molecule has 1 aromatic heterocycles. The number of aromatic carboxylic acids is 1. The highest BCUT2D eigenvalue weighted by molar-refractivity contribution is 5.99. The number of nitrogen functional groups attached to an aromatic ring is 1. The van der Waals surface area contributed by atoms with Crippen LogP contribution in [0.15, 0.2) is 79.0 Å². The molecular weight excluding hydrogens is 350 g/mol. The monoisotopic (exact) mass is 369 g/mol. The van der Waals surface area contributed by atoms with Crippen LogP contribution in [0.25, 0.3) is 22.0 Å². The summed E-state index contributed by atoms with van der Waals surface area (Å²) in [7, 11) is 0. The number of carboxylic acids is 1. The molecule has 5 nitrogen and oxygen atoms in total. The molecule has 0 amide bonds. The van der Waals surface area contributed by atoms with Crippen LogP contribution in [-0.4, -0.2) is 21.5 Å². The summed E-state index contributed by atoms with van der Waals surface area (Å²) in [6, 6.07) is 22.6. The third-order valence-electron chi connectivity index (χ3n) is 4.89. The van der Waals surface area contributed by atoms with E-state index in [9.17, 15) is 9.90 Å². The second-order valence-electron chi connectivity index (χ2n) is 6.64. The first kappa shape index (κ1) is 17.5. The fraction of sp³-hybridized carbons (Fsp3) is 0.0435. The standard InChI is InChI=1S/C23H19N3O2/c24-22(25)16-9-10-21-15(13-16)11-12-26(21)14-17-5-1-2-6-18(17)19-7-3-4-8-20(19)23(27)28/h1-13H,14H2,(H3,24,25)(H,27,28). The fourth-order valence-corrected chi connectivity index (χ4v) is 3.51. The van der Waals surface area contributed by atoms with Crippen molar-refractivity contribution < 1.29 is 9.90 Å². The minimum atomic E-state index is -0.937. The lowest BCUT2D eigenvalue weighted by Gasteiger charge is -2.14. The molecule has 138 valence electrons. The predicted molar refractivity (Wildman–Crippen MR) is 111 cm³/mol. The van der Waals surface area contributed by atoms with E-state index in [2.05, 4.69) is 4.57 Å². The summed E-state index contributed by atoms with van der Waals surface area (Å²) in [6.07, 6.45) is 1.99. The average molecular weight is 369 g/mol. The van der Waals surface area contributed by atoms with Crippen LogP contribution < -0.4 is 5.73 Å². The zero-order valence-electron chi connectivity index (χ0n) is 15.1. The summed E-state index contributed by atoms with van der Waals surface area (Å²) in [6.45, 7) is 0.604. The molecule has 4 N–H and O–H groups in total. The SMILES string of the molecule is N=C(N)c1ccc2c(ccn2Cc2ccccc2-c2ccccc2C(=O)O)c1. The van der Waals surface area contributed by atoms with Crippen molar-refractivity contribution in [2.24, 2.45) is 5.73 Å². The Hall–Kier alpha value is -3.86. The van der Waals surface area contributed by atoms with Gasteiger partial charge < -0.3 is 15.4 Å². The number of hydrogen-bond donors (Lipinski definition) is 3. The van der Waals surface area contributed by atoms with Crippen molar-refractivity contribution in [1.82, 2.24) is 4.57 Å². The number of carbonyl (C=O) groups is 1. The highest BCUT2D eigenvalue weighted by atomic mass is 16.4. The van der Waals surface area contributed by atoms with Crippen molar-refractivity contribution in [3.05, 3.63) is 95.7 Å². The van der Waals surface area contributed by atoms with Crippen LogP contribution in [0.2, 0.25) is 0 Å². The normalized spacial score (nSPS) is 10.9. The van der Waals surface area contributed by atoms with Gasteiger partial charge in [-0.15, -0.1) is 0 Å². The van der Waals surface area contributed by atoms with Gasteiger partial charge in [-0.3, -0.25) is 5.41 Å². The molecule has 0 spiro atoms. The fourth-order valence-electron chi connectivity index (χ4n) is 3.51. The maximum absolute atomic E-state index is 11.7. The average Bonchev–Trinajstić information content (AvgIpc) is 3.10. The molecule has 0 aliphatic rings. The molecule has 4 aromatic rings. The van der Waals surface area contributed by atoms with E-state index in [1.165, 1.54) is 0 Å². The summed E-state index contributed by atoms with van der Waals surface area (Å²) in [4.78, 5) is 11.7. The van der Waals surface area contributed by atoms with Crippen LogP contribution >= 0.6 is 0 Å². The number of nitrogens with zero attached hydrogens (tertiary/aromatic N) is 1. The Morgan fingerprint density at radius 1 is 0.964 bits per heavy atom. The largest absolute Gasteiger partial charge is 0.478 e. The number of carboxylic acid groups (broad SMARTS) is 1. The van der Waals surface area contributed by atoms with Gasteiger partial charge >= 0.3 is 5.97 Å². The highest BCUT2D eigenvalue weighted by Gasteiger charge is 2.14. The summed E-state index contributed by atoms with van der Waals surface area (Å²) in [5, 5.41) is 18.2. The first-order valence-electron chi connectivity index (χ1n) is 8.88. The second kappa shape index (κ2) is 7.04. The zero-order valence-corrected chi connectivity index (χ0v) is 15.1. The van der Waals surface area contributed by atoms with Gasteiger partial charge in [0, 0.05) is 29.2 Å². The lowest BCUT2D eigenvalue weighted by atomic mass is 9.95. The number of rotatable bonds is 5. The van der Waals surface area contributed by atoms with Crippen LogP contribution in [0.5, 0.6) is 0 Å². The molecule has 4 rings (SSSR count). The molecule has 0 aliphatic carbocycles. The number of amidine groups is 1. The van der Waals surface area contributed by atoms with Crippen LogP contribution in [0.1, 0.15) is 21.5 Å². The molecule has 0 aliphatic heterocycles. The highest BCUT2D eigenvalue weighted by Crippen LogP contribution is 2.29. The first-order chi connectivity index (χ1) is 13.5. The van der Waals surface area contributed by atoms with E-state index in [0.717, 1.165) is 22.0 Å². The number of nitrogens with one attached hydrogen (secondary N) is 1. The van der Waals surface area contributed by atoms with Gasteiger partial charge in [-0.1, -0.05) is 42.5 Å². The van der Waals surface area contributed by atoms with Crippen molar-refractivity contribution in [3.63, 3.8) is 0 Å². The lowest BCUT2D eigenvalue weighted by molar-refractivity contribution is 0.0697. The molecule has 1 heterocycles. The van der Waals surface area contributed by atoms with E-state index in [0.29, 0.717) is 23.2 Å². The van der Waals surface area contributed by atoms with Gasteiger partial charge in [-0.2, -0.15) is 0 Å². The predicted octanol–water partition coefficient (Wildman–Crippen LogP) is 4.34. The second-order valence-corrected chi connectivity index (χ2v) is 6.64. The maximum atomic E-state index is 11.7. The molecular formula is C23H19N3O2. The Morgan fingerprint density at radius 3 is 2.43 bits per heavy atom. The molecule has 0 saturated heterocycles. The Kier molecular flexibility index (Phi) is 4.41. The van der Waals surface area contributed by atoms with E-state index in [-0.39, 0.29) is 5.84 Å². The van der Waals surface area contributed by atoms with E-state index in [4.69, 9.17) is 11.1 Å². The van der Waals surface area contributed by atoms with Crippen LogP contribution in [0.3, 0.4) is 0 Å². The molecule has 0 fully saturated rings. The Bertz CT molecular complexity index is 1210. The van der Waals surface area contributed by atoms with Gasteiger partial charge in [0.05, 0.1) is 5.56 Å². The quantitative estimate of drug-likeness (QED) is 0.361.